The van der Waals surface area contributed by atoms with E-state index in [0.29, 0.717) is 36.3 Å². The standard InChI is InChI=1S/C30H30F3N3O2/c1-20(2)18-34-29(38)27-17-23-16-25(35-28(37)15-10-21-6-4-3-5-7-21)13-14-26(23)36(27)19-22-8-11-24(12-9-22)30(31,32)33/h3-9,11-14,16-17,20H,10,15,18-19H2,1-2H3,(H,34,38)(H,35,37). The van der Waals surface area contributed by atoms with Gasteiger partial charge in [-0.25, -0.2) is 0 Å². The molecular weight excluding hydrogens is 491 g/mol. The highest BCUT2D eigenvalue weighted by Crippen LogP contribution is 2.30. The number of hydrogen-bond acceptors (Lipinski definition) is 2. The molecule has 0 aliphatic carbocycles. The number of rotatable bonds is 9. The van der Waals surface area contributed by atoms with Gasteiger partial charge in [-0.05, 0) is 59.9 Å². The smallest absolute Gasteiger partial charge is 0.351 e. The predicted molar refractivity (Wildman–Crippen MR) is 143 cm³/mol. The van der Waals surface area contributed by atoms with Gasteiger partial charge in [0.1, 0.15) is 5.69 Å². The molecule has 0 saturated heterocycles. The molecule has 4 aromatic rings. The molecule has 0 unspecified atom stereocenters. The molecule has 5 nitrogen and oxygen atoms in total. The van der Waals surface area contributed by atoms with Crippen molar-refractivity contribution < 1.29 is 22.8 Å². The minimum Gasteiger partial charge on any atom is -0.351 e. The van der Waals surface area contributed by atoms with Crippen molar-refractivity contribution in [3.8, 4) is 0 Å². The summed E-state index contributed by atoms with van der Waals surface area (Å²) in [6.45, 7) is 4.69. The molecule has 4 rings (SSSR count). The number of alkyl halides is 3. The molecule has 1 aromatic heterocycles. The molecule has 0 atom stereocenters. The molecule has 0 radical (unpaired) electrons. The summed E-state index contributed by atoms with van der Waals surface area (Å²) in [5.74, 6) is -0.132. The van der Waals surface area contributed by atoms with Gasteiger partial charge in [0.05, 0.1) is 5.56 Å². The van der Waals surface area contributed by atoms with Crippen molar-refractivity contribution in [1.29, 1.82) is 0 Å². The number of aromatic nitrogens is 1. The van der Waals surface area contributed by atoms with Crippen LogP contribution in [0.3, 0.4) is 0 Å². The van der Waals surface area contributed by atoms with Crippen molar-refractivity contribution in [1.82, 2.24) is 9.88 Å². The highest BCUT2D eigenvalue weighted by atomic mass is 19.4. The summed E-state index contributed by atoms with van der Waals surface area (Å²) in [5.41, 5.74) is 2.73. The first kappa shape index (κ1) is 27.0. The van der Waals surface area contributed by atoms with Gasteiger partial charge in [-0.15, -0.1) is 0 Å². The Morgan fingerprint density at radius 1 is 0.895 bits per heavy atom. The summed E-state index contributed by atoms with van der Waals surface area (Å²) < 4.78 is 40.8. The van der Waals surface area contributed by atoms with E-state index in [1.54, 1.807) is 22.8 Å². The first-order valence-corrected chi connectivity index (χ1v) is 12.5. The predicted octanol–water partition coefficient (Wildman–Crippen LogP) is 6.67. The number of anilines is 1. The highest BCUT2D eigenvalue weighted by Gasteiger charge is 2.30. The minimum absolute atomic E-state index is 0.118. The van der Waals surface area contributed by atoms with Crippen LogP contribution in [0.15, 0.2) is 78.9 Å². The number of nitrogens with one attached hydrogen (secondary N) is 2. The van der Waals surface area contributed by atoms with Gasteiger partial charge in [0.15, 0.2) is 0 Å². The van der Waals surface area contributed by atoms with E-state index in [1.807, 2.05) is 50.2 Å². The van der Waals surface area contributed by atoms with Crippen LogP contribution in [0.1, 0.15) is 47.4 Å². The van der Waals surface area contributed by atoms with Crippen molar-refractivity contribution in [3.05, 3.63) is 101 Å². The van der Waals surface area contributed by atoms with Crippen LogP contribution < -0.4 is 10.6 Å². The second kappa shape index (κ2) is 11.5. The zero-order valence-corrected chi connectivity index (χ0v) is 21.3. The number of hydrogen-bond donors (Lipinski definition) is 2. The van der Waals surface area contributed by atoms with E-state index in [1.165, 1.54) is 12.1 Å². The number of carbonyl (C=O) groups excluding carboxylic acids is 2. The number of amides is 2. The monoisotopic (exact) mass is 521 g/mol. The van der Waals surface area contributed by atoms with Crippen LogP contribution >= 0.6 is 0 Å². The maximum absolute atomic E-state index is 13.0. The first-order chi connectivity index (χ1) is 18.1. The summed E-state index contributed by atoms with van der Waals surface area (Å²) in [5, 5.41) is 6.58. The van der Waals surface area contributed by atoms with E-state index >= 15 is 0 Å². The Labute approximate surface area is 219 Å². The molecule has 2 N–H and O–H groups in total. The summed E-state index contributed by atoms with van der Waals surface area (Å²) in [6, 6.07) is 21.8. The second-order valence-corrected chi connectivity index (χ2v) is 9.72. The molecule has 1 heterocycles. The minimum atomic E-state index is -4.41. The molecule has 198 valence electrons. The summed E-state index contributed by atoms with van der Waals surface area (Å²) in [4.78, 5) is 25.6. The van der Waals surface area contributed by atoms with E-state index in [9.17, 15) is 22.8 Å². The van der Waals surface area contributed by atoms with Crippen LogP contribution in [0.2, 0.25) is 0 Å². The van der Waals surface area contributed by atoms with Crippen LogP contribution in [-0.2, 0) is 23.9 Å². The quantitative estimate of drug-likeness (QED) is 0.259. The van der Waals surface area contributed by atoms with Crippen LogP contribution in [0, 0.1) is 5.92 Å². The molecule has 0 aliphatic heterocycles. The zero-order chi connectivity index (χ0) is 27.3. The van der Waals surface area contributed by atoms with E-state index in [2.05, 4.69) is 10.6 Å². The van der Waals surface area contributed by atoms with E-state index in [4.69, 9.17) is 0 Å². The largest absolute Gasteiger partial charge is 0.416 e. The van der Waals surface area contributed by atoms with Gasteiger partial charge in [0, 0.05) is 36.1 Å². The Bertz CT molecular complexity index is 1410. The van der Waals surface area contributed by atoms with Gasteiger partial charge >= 0.3 is 6.18 Å². The first-order valence-electron chi connectivity index (χ1n) is 12.5. The zero-order valence-electron chi connectivity index (χ0n) is 21.3. The highest BCUT2D eigenvalue weighted by molar-refractivity contribution is 6.00. The Morgan fingerprint density at radius 2 is 1.61 bits per heavy atom. The molecule has 3 aromatic carbocycles. The van der Waals surface area contributed by atoms with Crippen LogP contribution in [0.25, 0.3) is 10.9 Å². The van der Waals surface area contributed by atoms with Gasteiger partial charge in [0.25, 0.3) is 5.91 Å². The third-order valence-electron chi connectivity index (χ3n) is 6.19. The van der Waals surface area contributed by atoms with Crippen molar-refractivity contribution in [2.45, 2.75) is 39.4 Å². The molecule has 0 spiro atoms. The van der Waals surface area contributed by atoms with Crippen LogP contribution in [0.4, 0.5) is 18.9 Å². The molecule has 0 saturated carbocycles. The van der Waals surface area contributed by atoms with E-state index < -0.39 is 11.7 Å². The third kappa shape index (κ3) is 6.82. The van der Waals surface area contributed by atoms with Crippen LogP contribution in [0.5, 0.6) is 0 Å². The summed E-state index contributed by atoms with van der Waals surface area (Å²) in [6.07, 6.45) is -3.46. The lowest BCUT2D eigenvalue weighted by Gasteiger charge is -2.13. The van der Waals surface area contributed by atoms with Gasteiger partial charge in [-0.3, -0.25) is 9.59 Å². The third-order valence-corrected chi connectivity index (χ3v) is 6.19. The molecule has 38 heavy (non-hydrogen) atoms. The fraction of sp³-hybridized carbons (Fsp3) is 0.267. The lowest BCUT2D eigenvalue weighted by molar-refractivity contribution is -0.137. The average Bonchev–Trinajstić information content (AvgIpc) is 3.24. The van der Waals surface area contributed by atoms with Crippen molar-refractivity contribution >= 4 is 28.4 Å². The van der Waals surface area contributed by atoms with E-state index in [-0.39, 0.29) is 24.3 Å². The summed E-state index contributed by atoms with van der Waals surface area (Å²) in [7, 11) is 0. The molecule has 0 fully saturated rings. The van der Waals surface area contributed by atoms with Gasteiger partial charge in [-0.1, -0.05) is 56.3 Å². The topological polar surface area (TPSA) is 63.1 Å². The number of benzene rings is 3. The number of halogens is 3. The SMILES string of the molecule is CC(C)CNC(=O)c1cc2cc(NC(=O)CCc3ccccc3)ccc2n1Cc1ccc(C(F)(F)F)cc1. The average molecular weight is 522 g/mol. The number of aryl methyl sites for hydroxylation is 1. The normalized spacial score (nSPS) is 11.6. The fourth-order valence-electron chi connectivity index (χ4n) is 4.20. The number of nitrogens with zero attached hydrogens (tertiary/aromatic N) is 1. The Balaban J connectivity index is 1.58. The van der Waals surface area contributed by atoms with Gasteiger partial charge in [-0.2, -0.15) is 13.2 Å². The Hall–Kier alpha value is -4.07. The molecule has 8 heteroatoms. The Kier molecular flexibility index (Phi) is 8.20. The molecule has 0 bridgehead atoms. The van der Waals surface area contributed by atoms with Gasteiger partial charge in [0.2, 0.25) is 5.91 Å². The Morgan fingerprint density at radius 3 is 2.26 bits per heavy atom. The molecular formula is C30H30F3N3O2. The second-order valence-electron chi connectivity index (χ2n) is 9.72. The molecule has 0 aliphatic rings. The molecule has 2 amide bonds. The number of fused-ring (bicyclic) bond motifs is 1. The number of carbonyl (C=O) groups is 2. The maximum Gasteiger partial charge on any atom is 0.416 e. The van der Waals surface area contributed by atoms with E-state index in [0.717, 1.165) is 28.6 Å². The fourth-order valence-corrected chi connectivity index (χ4v) is 4.20. The lowest BCUT2D eigenvalue weighted by Crippen LogP contribution is -2.29. The van der Waals surface area contributed by atoms with Crippen molar-refractivity contribution in [2.24, 2.45) is 5.92 Å². The lowest BCUT2D eigenvalue weighted by atomic mass is 10.1. The van der Waals surface area contributed by atoms with Crippen molar-refractivity contribution in [3.63, 3.8) is 0 Å². The summed E-state index contributed by atoms with van der Waals surface area (Å²) >= 11 is 0. The van der Waals surface area contributed by atoms with Crippen molar-refractivity contribution in [2.75, 3.05) is 11.9 Å². The van der Waals surface area contributed by atoms with Gasteiger partial charge < -0.3 is 15.2 Å². The van der Waals surface area contributed by atoms with Crippen LogP contribution in [-0.4, -0.2) is 22.9 Å². The maximum atomic E-state index is 13.0.